The number of carbonyl (C=O) groups excluding carboxylic acids is 4. The molecular formula is C34H37NO9. The molecule has 3 aromatic rings. The topological polar surface area (TPSA) is 126 Å². The summed E-state index contributed by atoms with van der Waals surface area (Å²) in [5.41, 5.74) is 2.13. The van der Waals surface area contributed by atoms with Crippen LogP contribution in [0.1, 0.15) is 58.9 Å². The van der Waals surface area contributed by atoms with Gasteiger partial charge in [0.1, 0.15) is 17.2 Å². The van der Waals surface area contributed by atoms with Crippen molar-refractivity contribution >= 4 is 29.5 Å². The number of benzene rings is 3. The minimum atomic E-state index is -0.525. The number of unbranched alkanes of at least 4 members (excludes halogenated alkanes) is 2. The Kier molecular flexibility index (Phi) is 13.5. The van der Waals surface area contributed by atoms with Crippen molar-refractivity contribution in [3.05, 3.63) is 96.1 Å². The Hall–Kier alpha value is -5.12. The van der Waals surface area contributed by atoms with Crippen LogP contribution in [0.25, 0.3) is 0 Å². The molecule has 0 fully saturated rings. The molecule has 0 aliphatic carbocycles. The van der Waals surface area contributed by atoms with Crippen LogP contribution >= 0.6 is 0 Å². The number of amides is 1. The van der Waals surface area contributed by atoms with Crippen molar-refractivity contribution in [2.45, 2.75) is 39.5 Å². The van der Waals surface area contributed by atoms with Gasteiger partial charge in [-0.05, 0) is 105 Å². The molecule has 10 heteroatoms. The van der Waals surface area contributed by atoms with Gasteiger partial charge in [-0.1, -0.05) is 6.58 Å². The first-order chi connectivity index (χ1) is 21.2. The highest BCUT2D eigenvalue weighted by atomic mass is 16.5. The Bertz CT molecular complexity index is 1420. The number of anilines is 1. The lowest BCUT2D eigenvalue weighted by atomic mass is 10.1. The van der Waals surface area contributed by atoms with Crippen molar-refractivity contribution < 1.29 is 42.9 Å². The highest BCUT2D eigenvalue weighted by molar-refractivity contribution is 6.04. The first-order valence-corrected chi connectivity index (χ1v) is 14.3. The average Bonchev–Trinajstić information content (AvgIpc) is 3.02. The number of nitrogens with one attached hydrogen (secondary N) is 1. The summed E-state index contributed by atoms with van der Waals surface area (Å²) in [6.07, 6.45) is 3.94. The summed E-state index contributed by atoms with van der Waals surface area (Å²) >= 11 is 0. The number of rotatable bonds is 17. The smallest absolute Gasteiger partial charge is 0.343 e. The van der Waals surface area contributed by atoms with E-state index in [9.17, 15) is 19.2 Å². The monoisotopic (exact) mass is 603 g/mol. The van der Waals surface area contributed by atoms with Gasteiger partial charge in [-0.3, -0.25) is 9.59 Å². The molecule has 0 aliphatic rings. The standard InChI is InChI=1S/C34H37NO9/c1-4-32(37)43-22-8-7-21-42-29-15-11-27(12-16-29)34(39)44-30-17-18-31(24(2)23-30)35-33(38)26-9-13-28(14-10-26)41-20-6-5-19-40-25(3)36/h4,9-18,23H,1,5-8,19-22H2,2-3H3,(H,35,38). The number of hydrogen-bond acceptors (Lipinski definition) is 9. The van der Waals surface area contributed by atoms with Crippen LogP contribution < -0.4 is 19.5 Å². The zero-order chi connectivity index (χ0) is 31.7. The van der Waals surface area contributed by atoms with E-state index < -0.39 is 11.9 Å². The number of ether oxygens (including phenoxy) is 5. The van der Waals surface area contributed by atoms with Gasteiger partial charge in [0.05, 0.1) is 32.0 Å². The van der Waals surface area contributed by atoms with Crippen LogP contribution in [0, 0.1) is 6.92 Å². The number of carbonyl (C=O) groups is 4. The van der Waals surface area contributed by atoms with Gasteiger partial charge in [0.25, 0.3) is 5.91 Å². The zero-order valence-electron chi connectivity index (χ0n) is 25.0. The molecule has 0 radical (unpaired) electrons. The average molecular weight is 604 g/mol. The van der Waals surface area contributed by atoms with Gasteiger partial charge in [-0.25, -0.2) is 9.59 Å². The number of aryl methyl sites for hydroxylation is 1. The fourth-order valence-electron chi connectivity index (χ4n) is 3.83. The summed E-state index contributed by atoms with van der Waals surface area (Å²) in [6.45, 7) is 8.12. The van der Waals surface area contributed by atoms with Crippen molar-refractivity contribution in [2.24, 2.45) is 0 Å². The molecule has 3 aromatic carbocycles. The van der Waals surface area contributed by atoms with Crippen LogP contribution in [0.5, 0.6) is 17.2 Å². The molecule has 0 spiro atoms. The van der Waals surface area contributed by atoms with Crippen LogP contribution in [0.3, 0.4) is 0 Å². The van der Waals surface area contributed by atoms with Gasteiger partial charge in [0, 0.05) is 24.3 Å². The molecule has 0 aromatic heterocycles. The SMILES string of the molecule is C=CC(=O)OCCCCOc1ccc(C(=O)Oc2ccc(NC(=O)c3ccc(OCCCCOC(C)=O)cc3)c(C)c2)cc1. The fourth-order valence-corrected chi connectivity index (χ4v) is 3.83. The van der Waals surface area contributed by atoms with E-state index >= 15 is 0 Å². The Balaban J connectivity index is 1.42. The quantitative estimate of drug-likeness (QED) is 0.0846. The van der Waals surface area contributed by atoms with E-state index in [-0.39, 0.29) is 11.9 Å². The summed E-state index contributed by atoms with van der Waals surface area (Å²) in [4.78, 5) is 47.2. The van der Waals surface area contributed by atoms with E-state index in [0.717, 1.165) is 18.1 Å². The van der Waals surface area contributed by atoms with Crippen molar-refractivity contribution in [3.63, 3.8) is 0 Å². The maximum absolute atomic E-state index is 12.8. The first kappa shape index (κ1) is 33.4. The Morgan fingerprint density at radius 2 is 1.23 bits per heavy atom. The second-order valence-electron chi connectivity index (χ2n) is 9.69. The van der Waals surface area contributed by atoms with E-state index in [1.165, 1.54) is 6.92 Å². The summed E-state index contributed by atoms with van der Waals surface area (Å²) in [6, 6.07) is 18.4. The molecule has 0 aliphatic heterocycles. The van der Waals surface area contributed by atoms with Crippen LogP contribution in [0.2, 0.25) is 0 Å². The normalized spacial score (nSPS) is 10.3. The van der Waals surface area contributed by atoms with Gasteiger partial charge < -0.3 is 29.0 Å². The Labute approximate surface area is 256 Å². The van der Waals surface area contributed by atoms with Gasteiger partial charge in [0.15, 0.2) is 0 Å². The summed E-state index contributed by atoms with van der Waals surface area (Å²) in [7, 11) is 0. The minimum absolute atomic E-state index is 0.288. The third-order valence-corrected chi connectivity index (χ3v) is 6.19. The lowest BCUT2D eigenvalue weighted by Crippen LogP contribution is -2.13. The van der Waals surface area contributed by atoms with Crippen LogP contribution in [-0.4, -0.2) is 50.2 Å². The summed E-state index contributed by atoms with van der Waals surface area (Å²) < 4.78 is 26.6. The molecule has 0 heterocycles. The predicted molar refractivity (Wildman–Crippen MR) is 164 cm³/mol. The first-order valence-electron chi connectivity index (χ1n) is 14.3. The lowest BCUT2D eigenvalue weighted by molar-refractivity contribution is -0.141. The van der Waals surface area contributed by atoms with E-state index in [0.29, 0.717) is 79.8 Å². The molecular weight excluding hydrogens is 566 g/mol. The van der Waals surface area contributed by atoms with E-state index in [1.807, 2.05) is 0 Å². The molecule has 10 nitrogen and oxygen atoms in total. The summed E-state index contributed by atoms with van der Waals surface area (Å²) in [5.74, 6) is 0.0365. The largest absolute Gasteiger partial charge is 0.494 e. The van der Waals surface area contributed by atoms with Crippen LogP contribution in [0.15, 0.2) is 79.4 Å². The lowest BCUT2D eigenvalue weighted by Gasteiger charge is -2.12. The molecule has 0 saturated heterocycles. The van der Waals surface area contributed by atoms with Crippen molar-refractivity contribution in [2.75, 3.05) is 31.7 Å². The highest BCUT2D eigenvalue weighted by Crippen LogP contribution is 2.24. The van der Waals surface area contributed by atoms with Gasteiger partial charge >= 0.3 is 17.9 Å². The number of hydrogen-bond donors (Lipinski definition) is 1. The Morgan fingerprint density at radius 3 is 1.77 bits per heavy atom. The third-order valence-electron chi connectivity index (χ3n) is 6.19. The van der Waals surface area contributed by atoms with Crippen LogP contribution in [-0.2, 0) is 19.1 Å². The molecule has 3 rings (SSSR count). The summed E-state index contributed by atoms with van der Waals surface area (Å²) in [5, 5.41) is 2.87. The van der Waals surface area contributed by atoms with Crippen molar-refractivity contribution in [1.82, 2.24) is 0 Å². The van der Waals surface area contributed by atoms with Crippen LogP contribution in [0.4, 0.5) is 5.69 Å². The van der Waals surface area contributed by atoms with Gasteiger partial charge in [-0.2, -0.15) is 0 Å². The molecule has 44 heavy (non-hydrogen) atoms. The second-order valence-corrected chi connectivity index (χ2v) is 9.69. The molecule has 0 unspecified atom stereocenters. The Morgan fingerprint density at radius 1 is 0.705 bits per heavy atom. The van der Waals surface area contributed by atoms with E-state index in [4.69, 9.17) is 23.7 Å². The molecule has 0 atom stereocenters. The maximum Gasteiger partial charge on any atom is 0.343 e. The van der Waals surface area contributed by atoms with E-state index in [1.54, 1.807) is 73.7 Å². The second kappa shape index (κ2) is 17.7. The zero-order valence-corrected chi connectivity index (χ0v) is 25.0. The molecule has 1 amide bonds. The molecule has 0 saturated carbocycles. The molecule has 232 valence electrons. The number of esters is 3. The minimum Gasteiger partial charge on any atom is -0.494 e. The van der Waals surface area contributed by atoms with Crippen molar-refractivity contribution in [3.8, 4) is 17.2 Å². The predicted octanol–water partition coefficient (Wildman–Crippen LogP) is 6.08. The van der Waals surface area contributed by atoms with Gasteiger partial charge in [-0.15, -0.1) is 0 Å². The van der Waals surface area contributed by atoms with Gasteiger partial charge in [0.2, 0.25) is 0 Å². The third kappa shape index (κ3) is 11.6. The fraction of sp³-hybridized carbons (Fsp3) is 0.294. The molecule has 0 bridgehead atoms. The molecule has 1 N–H and O–H groups in total. The highest BCUT2D eigenvalue weighted by Gasteiger charge is 2.12. The van der Waals surface area contributed by atoms with Crippen molar-refractivity contribution in [1.29, 1.82) is 0 Å². The maximum atomic E-state index is 12.8. The van der Waals surface area contributed by atoms with E-state index in [2.05, 4.69) is 11.9 Å².